The number of thioether (sulfide) groups is 1. The van der Waals surface area contributed by atoms with Crippen LogP contribution in [0.1, 0.15) is 44.1 Å². The average molecular weight is 425 g/mol. The Labute approximate surface area is 181 Å². The molecule has 1 amide bonds. The zero-order valence-electron chi connectivity index (χ0n) is 17.1. The monoisotopic (exact) mass is 424 g/mol. The SMILES string of the molecule is CSc1ccccc1Oc1ccc(/C=C(\NC(=O)CCC2CCCC2)C(=O)[O-])cc1. The van der Waals surface area contributed by atoms with Gasteiger partial charge in [0.25, 0.3) is 0 Å². The number of amides is 1. The van der Waals surface area contributed by atoms with Crippen molar-refractivity contribution >= 4 is 29.7 Å². The van der Waals surface area contributed by atoms with Gasteiger partial charge in [-0.25, -0.2) is 0 Å². The van der Waals surface area contributed by atoms with E-state index in [1.165, 1.54) is 18.9 Å². The molecule has 2 aromatic rings. The number of para-hydroxylation sites is 1. The molecule has 0 unspecified atom stereocenters. The highest BCUT2D eigenvalue weighted by atomic mass is 32.2. The van der Waals surface area contributed by atoms with Crippen LogP contribution < -0.4 is 15.2 Å². The van der Waals surface area contributed by atoms with Gasteiger partial charge in [0.1, 0.15) is 11.5 Å². The molecular weight excluding hydrogens is 398 g/mol. The Morgan fingerprint density at radius 3 is 2.50 bits per heavy atom. The van der Waals surface area contributed by atoms with Crippen LogP contribution in [0.3, 0.4) is 0 Å². The number of carboxylic acids is 1. The van der Waals surface area contributed by atoms with Gasteiger partial charge in [-0.3, -0.25) is 4.79 Å². The summed E-state index contributed by atoms with van der Waals surface area (Å²) in [4.78, 5) is 24.6. The molecular formula is C24H26NO4S-. The van der Waals surface area contributed by atoms with Gasteiger partial charge in [0.2, 0.25) is 5.91 Å². The Balaban J connectivity index is 1.62. The zero-order valence-corrected chi connectivity index (χ0v) is 17.9. The van der Waals surface area contributed by atoms with Crippen molar-refractivity contribution in [2.75, 3.05) is 6.26 Å². The molecule has 158 valence electrons. The fourth-order valence-electron chi connectivity index (χ4n) is 3.62. The third kappa shape index (κ3) is 6.39. The minimum absolute atomic E-state index is 0.229. The van der Waals surface area contributed by atoms with E-state index in [0.29, 0.717) is 23.7 Å². The van der Waals surface area contributed by atoms with Crippen LogP contribution in [0.5, 0.6) is 11.5 Å². The largest absolute Gasteiger partial charge is 0.543 e. The molecule has 6 heteroatoms. The van der Waals surface area contributed by atoms with Crippen molar-refractivity contribution in [2.24, 2.45) is 5.92 Å². The van der Waals surface area contributed by atoms with Crippen molar-refractivity contribution < 1.29 is 19.4 Å². The fraction of sp³-hybridized carbons (Fsp3) is 0.333. The average Bonchev–Trinajstić information content (AvgIpc) is 3.27. The third-order valence-electron chi connectivity index (χ3n) is 5.24. The number of benzene rings is 2. The first-order valence-corrected chi connectivity index (χ1v) is 11.4. The minimum atomic E-state index is -1.40. The number of carboxylic acid groups (broad SMARTS) is 1. The van der Waals surface area contributed by atoms with E-state index in [1.807, 2.05) is 30.5 Å². The summed E-state index contributed by atoms with van der Waals surface area (Å²) in [6.45, 7) is 0. The first-order valence-electron chi connectivity index (χ1n) is 10.2. The van der Waals surface area contributed by atoms with Crippen molar-refractivity contribution in [3.05, 3.63) is 59.8 Å². The lowest BCUT2D eigenvalue weighted by Gasteiger charge is -2.13. The van der Waals surface area contributed by atoms with E-state index >= 15 is 0 Å². The van der Waals surface area contributed by atoms with Gasteiger partial charge in [-0.1, -0.05) is 49.9 Å². The second-order valence-corrected chi connectivity index (χ2v) is 8.25. The van der Waals surface area contributed by atoms with Crippen LogP contribution in [0.2, 0.25) is 0 Å². The van der Waals surface area contributed by atoms with Crippen LogP contribution in [-0.2, 0) is 9.59 Å². The second-order valence-electron chi connectivity index (χ2n) is 7.40. The quantitative estimate of drug-likeness (QED) is 0.477. The Kier molecular flexibility index (Phi) is 7.97. The van der Waals surface area contributed by atoms with E-state index in [0.717, 1.165) is 29.9 Å². The molecule has 1 fully saturated rings. The normalized spacial score (nSPS) is 14.5. The molecule has 30 heavy (non-hydrogen) atoms. The molecule has 3 rings (SSSR count). The molecule has 0 aliphatic heterocycles. The van der Waals surface area contributed by atoms with Gasteiger partial charge in [0, 0.05) is 11.3 Å². The van der Waals surface area contributed by atoms with Gasteiger partial charge in [-0.2, -0.15) is 0 Å². The summed E-state index contributed by atoms with van der Waals surface area (Å²) in [7, 11) is 0. The molecule has 0 atom stereocenters. The summed E-state index contributed by atoms with van der Waals surface area (Å²) < 4.78 is 5.91. The first kappa shape index (κ1) is 22.0. The lowest BCUT2D eigenvalue weighted by atomic mass is 10.0. The summed E-state index contributed by atoms with van der Waals surface area (Å²) in [5.74, 6) is 0.293. The van der Waals surface area contributed by atoms with Crippen LogP contribution >= 0.6 is 11.8 Å². The van der Waals surface area contributed by atoms with Crippen LogP contribution in [-0.4, -0.2) is 18.1 Å². The molecule has 1 saturated carbocycles. The maximum atomic E-state index is 12.2. The minimum Gasteiger partial charge on any atom is -0.543 e. The van der Waals surface area contributed by atoms with Gasteiger partial charge in [0.05, 0.1) is 11.7 Å². The molecule has 0 spiro atoms. The van der Waals surface area contributed by atoms with Crippen molar-refractivity contribution in [3.8, 4) is 11.5 Å². The van der Waals surface area contributed by atoms with Crippen LogP contribution in [0.15, 0.2) is 59.1 Å². The number of carbonyl (C=O) groups excluding carboxylic acids is 2. The number of carbonyl (C=O) groups is 2. The lowest BCUT2D eigenvalue weighted by molar-refractivity contribution is -0.299. The molecule has 2 aromatic carbocycles. The summed E-state index contributed by atoms with van der Waals surface area (Å²) >= 11 is 1.60. The van der Waals surface area contributed by atoms with Crippen molar-refractivity contribution in [1.29, 1.82) is 0 Å². The summed E-state index contributed by atoms with van der Waals surface area (Å²) in [6.07, 6.45) is 9.28. The van der Waals surface area contributed by atoms with Crippen LogP contribution in [0.25, 0.3) is 6.08 Å². The number of nitrogens with one attached hydrogen (secondary N) is 1. The number of ether oxygens (including phenoxy) is 1. The first-order chi connectivity index (χ1) is 14.5. The topological polar surface area (TPSA) is 78.5 Å². The Morgan fingerprint density at radius 1 is 1.13 bits per heavy atom. The van der Waals surface area contributed by atoms with Crippen molar-refractivity contribution in [1.82, 2.24) is 5.32 Å². The maximum Gasteiger partial charge on any atom is 0.224 e. The van der Waals surface area contributed by atoms with E-state index in [-0.39, 0.29) is 11.6 Å². The highest BCUT2D eigenvalue weighted by molar-refractivity contribution is 7.98. The molecule has 0 saturated heterocycles. The maximum absolute atomic E-state index is 12.2. The third-order valence-corrected chi connectivity index (χ3v) is 6.01. The zero-order chi connectivity index (χ0) is 21.3. The number of aliphatic carboxylic acids is 1. The predicted molar refractivity (Wildman–Crippen MR) is 117 cm³/mol. The Bertz CT molecular complexity index is 902. The second kappa shape index (κ2) is 10.9. The number of hydrogen-bond acceptors (Lipinski definition) is 5. The van der Waals surface area contributed by atoms with Gasteiger partial charge in [0.15, 0.2) is 0 Å². The summed E-state index contributed by atoms with van der Waals surface area (Å²) in [5.41, 5.74) is 0.406. The number of hydrogen-bond donors (Lipinski definition) is 1. The number of rotatable bonds is 9. The fourth-order valence-corrected chi connectivity index (χ4v) is 4.15. The van der Waals surface area contributed by atoms with E-state index in [2.05, 4.69) is 5.32 Å². The summed E-state index contributed by atoms with van der Waals surface area (Å²) in [5, 5.41) is 13.9. The lowest BCUT2D eigenvalue weighted by Crippen LogP contribution is -2.35. The van der Waals surface area contributed by atoms with Crippen molar-refractivity contribution in [2.45, 2.75) is 43.4 Å². The van der Waals surface area contributed by atoms with E-state index in [9.17, 15) is 14.7 Å². The van der Waals surface area contributed by atoms with Crippen LogP contribution in [0.4, 0.5) is 0 Å². The highest BCUT2D eigenvalue weighted by Crippen LogP contribution is 2.31. The molecule has 0 heterocycles. The smallest absolute Gasteiger partial charge is 0.224 e. The standard InChI is InChI=1S/C24H27NO4S/c1-30-22-9-5-4-8-21(22)29-19-13-10-18(11-14-19)16-20(24(27)28)25-23(26)15-12-17-6-2-3-7-17/h4-5,8-11,13-14,16-17H,2-3,6-7,12,15H2,1H3,(H,25,26)(H,27,28)/p-1/b20-16-. The highest BCUT2D eigenvalue weighted by Gasteiger charge is 2.16. The molecule has 5 nitrogen and oxygen atoms in total. The molecule has 0 aromatic heterocycles. The Morgan fingerprint density at radius 2 is 1.83 bits per heavy atom. The molecule has 0 radical (unpaired) electrons. The van der Waals surface area contributed by atoms with Crippen LogP contribution in [0, 0.1) is 5.92 Å². The molecule has 0 bridgehead atoms. The van der Waals surface area contributed by atoms with Gasteiger partial charge < -0.3 is 20.0 Å². The van der Waals surface area contributed by atoms with E-state index in [1.54, 1.807) is 36.0 Å². The van der Waals surface area contributed by atoms with Crippen molar-refractivity contribution in [3.63, 3.8) is 0 Å². The van der Waals surface area contributed by atoms with E-state index < -0.39 is 5.97 Å². The molecule has 1 aliphatic rings. The van der Waals surface area contributed by atoms with Gasteiger partial charge >= 0.3 is 0 Å². The summed E-state index contributed by atoms with van der Waals surface area (Å²) in [6, 6.07) is 14.8. The predicted octanol–water partition coefficient (Wildman–Crippen LogP) is 4.38. The van der Waals surface area contributed by atoms with Gasteiger partial charge in [-0.05, 0) is 54.5 Å². The van der Waals surface area contributed by atoms with E-state index in [4.69, 9.17) is 4.74 Å². The molecule has 1 N–H and O–H groups in total. The van der Waals surface area contributed by atoms with Gasteiger partial charge in [-0.15, -0.1) is 11.8 Å². The Hall–Kier alpha value is -2.73. The molecule has 1 aliphatic carbocycles.